The molecule has 1 heterocycles. The lowest BCUT2D eigenvalue weighted by Crippen LogP contribution is -2.49. The van der Waals surface area contributed by atoms with Crippen molar-refractivity contribution in [3.05, 3.63) is 12.4 Å². The van der Waals surface area contributed by atoms with E-state index in [0.717, 1.165) is 0 Å². The minimum Gasteiger partial charge on any atom is -0.491 e. The van der Waals surface area contributed by atoms with Gasteiger partial charge in [0, 0.05) is 6.54 Å². The zero-order valence-electron chi connectivity index (χ0n) is 9.64. The van der Waals surface area contributed by atoms with Crippen LogP contribution in [0.5, 0.6) is 5.75 Å². The number of rotatable bonds is 6. The summed E-state index contributed by atoms with van der Waals surface area (Å²) in [5.41, 5.74) is 9.89. The van der Waals surface area contributed by atoms with Crippen molar-refractivity contribution in [3.63, 3.8) is 0 Å². The summed E-state index contributed by atoms with van der Waals surface area (Å²) in [4.78, 5) is 11.0. The zero-order chi connectivity index (χ0) is 12.2. The van der Waals surface area contributed by atoms with Crippen LogP contribution in [-0.2, 0) is 11.3 Å². The molecule has 0 aliphatic carbocycles. The highest BCUT2D eigenvalue weighted by atomic mass is 16.5. The molecular formula is C10H18N4O2. The molecule has 0 aromatic carbocycles. The molecular weight excluding hydrogens is 208 g/mol. The van der Waals surface area contributed by atoms with Crippen molar-refractivity contribution >= 4 is 5.91 Å². The van der Waals surface area contributed by atoms with Gasteiger partial charge in [-0.2, -0.15) is 5.10 Å². The molecule has 1 atom stereocenters. The third-order valence-corrected chi connectivity index (χ3v) is 2.34. The summed E-state index contributed by atoms with van der Waals surface area (Å²) in [7, 11) is 0. The monoisotopic (exact) mass is 226 g/mol. The van der Waals surface area contributed by atoms with Crippen LogP contribution in [0.4, 0.5) is 0 Å². The first-order valence-corrected chi connectivity index (χ1v) is 5.19. The van der Waals surface area contributed by atoms with E-state index >= 15 is 0 Å². The number of carbonyl (C=O) groups is 1. The lowest BCUT2D eigenvalue weighted by molar-refractivity contribution is -0.122. The Kier molecular flexibility index (Phi) is 3.89. The maximum atomic E-state index is 11.0. The van der Waals surface area contributed by atoms with Crippen molar-refractivity contribution in [2.45, 2.75) is 32.4 Å². The largest absolute Gasteiger partial charge is 0.491 e. The van der Waals surface area contributed by atoms with E-state index in [9.17, 15) is 4.79 Å². The van der Waals surface area contributed by atoms with Crippen LogP contribution in [0, 0.1) is 0 Å². The van der Waals surface area contributed by atoms with Gasteiger partial charge in [0.1, 0.15) is 0 Å². The Morgan fingerprint density at radius 2 is 2.38 bits per heavy atom. The summed E-state index contributed by atoms with van der Waals surface area (Å²) in [5.74, 6) is 0.199. The van der Waals surface area contributed by atoms with Gasteiger partial charge in [-0.3, -0.25) is 9.48 Å². The van der Waals surface area contributed by atoms with Gasteiger partial charge in [-0.25, -0.2) is 0 Å². The number of nitrogens with two attached hydrogens (primary N) is 2. The molecule has 0 saturated carbocycles. The number of carbonyl (C=O) groups excluding carboxylic acids is 1. The number of aryl methyl sites for hydroxylation is 1. The molecule has 0 fully saturated rings. The fraction of sp³-hybridized carbons (Fsp3) is 0.600. The maximum absolute atomic E-state index is 11.0. The van der Waals surface area contributed by atoms with Gasteiger partial charge < -0.3 is 16.2 Å². The molecule has 1 amide bonds. The molecule has 0 aliphatic rings. The molecule has 4 N–H and O–H groups in total. The lowest BCUT2D eigenvalue weighted by Gasteiger charge is -2.19. The average Bonchev–Trinajstić information content (AvgIpc) is 2.63. The molecule has 0 bridgehead atoms. The van der Waals surface area contributed by atoms with Crippen LogP contribution in [0.1, 0.15) is 20.3 Å². The fourth-order valence-corrected chi connectivity index (χ4v) is 1.18. The number of nitrogens with zero attached hydrogens (tertiary/aromatic N) is 2. The molecule has 0 saturated heterocycles. The molecule has 1 rings (SSSR count). The highest BCUT2D eigenvalue weighted by Gasteiger charge is 2.25. The molecule has 90 valence electrons. The maximum Gasteiger partial charge on any atom is 0.237 e. The van der Waals surface area contributed by atoms with Crippen LogP contribution < -0.4 is 16.2 Å². The van der Waals surface area contributed by atoms with Crippen molar-refractivity contribution in [3.8, 4) is 5.75 Å². The zero-order valence-corrected chi connectivity index (χ0v) is 9.64. The van der Waals surface area contributed by atoms with Gasteiger partial charge in [0.2, 0.25) is 5.91 Å². The first-order valence-electron chi connectivity index (χ1n) is 5.19. The van der Waals surface area contributed by atoms with Crippen molar-refractivity contribution in [2.75, 3.05) is 6.61 Å². The molecule has 1 aromatic rings. The van der Waals surface area contributed by atoms with Crippen LogP contribution in [-0.4, -0.2) is 27.8 Å². The van der Waals surface area contributed by atoms with Gasteiger partial charge in [-0.1, -0.05) is 0 Å². The second-order valence-electron chi connectivity index (χ2n) is 3.90. The number of aromatic nitrogens is 2. The van der Waals surface area contributed by atoms with Crippen LogP contribution in [0.3, 0.4) is 0 Å². The minimum absolute atomic E-state index is 0.440. The van der Waals surface area contributed by atoms with E-state index in [2.05, 4.69) is 5.10 Å². The van der Waals surface area contributed by atoms with Gasteiger partial charge in [-0.05, 0) is 20.3 Å². The summed E-state index contributed by atoms with van der Waals surface area (Å²) in [6, 6.07) is 0. The summed E-state index contributed by atoms with van der Waals surface area (Å²) in [6.45, 7) is 4.65. The Labute approximate surface area is 94.5 Å². The van der Waals surface area contributed by atoms with E-state index in [1.54, 1.807) is 24.0 Å². The summed E-state index contributed by atoms with van der Waals surface area (Å²) in [6.07, 6.45) is 3.83. The Balaban J connectivity index is 2.51. The second kappa shape index (κ2) is 4.98. The highest BCUT2D eigenvalue weighted by Crippen LogP contribution is 2.11. The third kappa shape index (κ3) is 3.23. The number of primary amides is 1. The van der Waals surface area contributed by atoms with E-state index in [1.807, 2.05) is 6.92 Å². The number of hydrogen-bond donors (Lipinski definition) is 2. The summed E-state index contributed by atoms with van der Waals surface area (Å²) in [5, 5.41) is 4.08. The molecule has 0 aliphatic heterocycles. The summed E-state index contributed by atoms with van der Waals surface area (Å²) >= 11 is 0. The van der Waals surface area contributed by atoms with Crippen molar-refractivity contribution in [1.29, 1.82) is 0 Å². The number of amides is 1. The molecule has 6 heteroatoms. The van der Waals surface area contributed by atoms with Gasteiger partial charge >= 0.3 is 0 Å². The first kappa shape index (κ1) is 12.5. The predicted molar refractivity (Wildman–Crippen MR) is 59.8 cm³/mol. The minimum atomic E-state index is -1.00. The number of hydrogen-bond acceptors (Lipinski definition) is 4. The average molecular weight is 226 g/mol. The van der Waals surface area contributed by atoms with Crippen LogP contribution in [0.2, 0.25) is 0 Å². The Morgan fingerprint density at radius 3 is 2.94 bits per heavy atom. The van der Waals surface area contributed by atoms with Gasteiger partial charge in [0.15, 0.2) is 5.75 Å². The highest BCUT2D eigenvalue weighted by molar-refractivity contribution is 5.83. The fourth-order valence-electron chi connectivity index (χ4n) is 1.18. The van der Waals surface area contributed by atoms with Crippen LogP contribution >= 0.6 is 0 Å². The predicted octanol–water partition coefficient (Wildman–Crippen LogP) is -0.125. The third-order valence-electron chi connectivity index (χ3n) is 2.34. The van der Waals surface area contributed by atoms with Crippen molar-refractivity contribution in [2.24, 2.45) is 11.5 Å². The van der Waals surface area contributed by atoms with E-state index in [-0.39, 0.29) is 0 Å². The molecule has 0 spiro atoms. The second-order valence-corrected chi connectivity index (χ2v) is 3.90. The van der Waals surface area contributed by atoms with Crippen molar-refractivity contribution < 1.29 is 9.53 Å². The van der Waals surface area contributed by atoms with Gasteiger partial charge in [0.05, 0.1) is 24.5 Å². The Bertz CT molecular complexity index is 359. The molecule has 0 radical (unpaired) electrons. The van der Waals surface area contributed by atoms with Crippen LogP contribution in [0.25, 0.3) is 0 Å². The van der Waals surface area contributed by atoms with E-state index in [1.165, 1.54) is 0 Å². The lowest BCUT2D eigenvalue weighted by atomic mass is 9.99. The van der Waals surface area contributed by atoms with Gasteiger partial charge in [0.25, 0.3) is 0 Å². The molecule has 6 nitrogen and oxygen atoms in total. The summed E-state index contributed by atoms with van der Waals surface area (Å²) < 4.78 is 6.94. The van der Waals surface area contributed by atoms with Crippen LogP contribution in [0.15, 0.2) is 12.4 Å². The quantitative estimate of drug-likeness (QED) is 0.706. The molecule has 1 aromatic heterocycles. The smallest absolute Gasteiger partial charge is 0.237 e. The van der Waals surface area contributed by atoms with Crippen molar-refractivity contribution in [1.82, 2.24) is 9.78 Å². The van der Waals surface area contributed by atoms with E-state index in [0.29, 0.717) is 25.3 Å². The molecule has 1 unspecified atom stereocenters. The van der Waals surface area contributed by atoms with Gasteiger partial charge in [-0.15, -0.1) is 0 Å². The Hall–Kier alpha value is -1.56. The SMILES string of the molecule is CCOc1cnn(CCC(C)(N)C(N)=O)c1. The Morgan fingerprint density at radius 1 is 1.69 bits per heavy atom. The molecule has 16 heavy (non-hydrogen) atoms. The normalized spacial score (nSPS) is 14.4. The van der Waals surface area contributed by atoms with E-state index < -0.39 is 11.4 Å². The first-order chi connectivity index (χ1) is 7.45. The van der Waals surface area contributed by atoms with E-state index in [4.69, 9.17) is 16.2 Å². The standard InChI is InChI=1S/C10H18N4O2/c1-3-16-8-6-13-14(7-8)5-4-10(2,12)9(11)15/h6-7H,3-5,12H2,1-2H3,(H2,11,15). The topological polar surface area (TPSA) is 96.2 Å². The number of ether oxygens (including phenoxy) is 1.